The Kier molecular flexibility index (Phi) is 8.47. The summed E-state index contributed by atoms with van der Waals surface area (Å²) in [7, 11) is 0. The Bertz CT molecular complexity index is 889. The molecule has 0 saturated carbocycles. The van der Waals surface area contributed by atoms with E-state index in [9.17, 15) is 0 Å². The van der Waals surface area contributed by atoms with E-state index in [-0.39, 0.29) is 18.6 Å². The first-order chi connectivity index (χ1) is 14.1. The van der Waals surface area contributed by atoms with Gasteiger partial charge in [0.15, 0.2) is 6.67 Å². The molecular formula is C27H40N3V+. The SMILES string of the molecule is CC(C)c1cccc(C(C)C)c1N1CC(N)=[N+](c2c(C(C)C)cccc2C(C)C)C1.[V]. The molecule has 2 aromatic rings. The van der Waals surface area contributed by atoms with Crippen LogP contribution in [0.2, 0.25) is 0 Å². The van der Waals surface area contributed by atoms with Crippen LogP contribution in [0, 0.1) is 0 Å². The molecule has 0 amide bonds. The number of benzene rings is 2. The number of nitrogens with zero attached hydrogens (tertiary/aromatic N) is 2. The van der Waals surface area contributed by atoms with E-state index in [0.717, 1.165) is 19.0 Å². The second kappa shape index (κ2) is 10.3. The Hall–Kier alpha value is -1.71. The van der Waals surface area contributed by atoms with Crippen molar-refractivity contribution in [3.63, 3.8) is 0 Å². The van der Waals surface area contributed by atoms with Gasteiger partial charge in [-0.2, -0.15) is 0 Å². The van der Waals surface area contributed by atoms with E-state index in [4.69, 9.17) is 5.73 Å². The van der Waals surface area contributed by atoms with Crippen LogP contribution in [0.3, 0.4) is 0 Å². The van der Waals surface area contributed by atoms with E-state index in [2.05, 4.69) is 101 Å². The van der Waals surface area contributed by atoms with Crippen LogP contribution in [-0.2, 0) is 18.6 Å². The van der Waals surface area contributed by atoms with E-state index in [0.29, 0.717) is 23.7 Å². The van der Waals surface area contributed by atoms with Gasteiger partial charge in [0.05, 0.1) is 0 Å². The van der Waals surface area contributed by atoms with Gasteiger partial charge >= 0.3 is 0 Å². The molecule has 0 atom stereocenters. The van der Waals surface area contributed by atoms with Crippen molar-refractivity contribution in [3.05, 3.63) is 58.7 Å². The van der Waals surface area contributed by atoms with E-state index >= 15 is 0 Å². The zero-order chi connectivity index (χ0) is 22.2. The maximum Gasteiger partial charge on any atom is 0.269 e. The smallest absolute Gasteiger partial charge is 0.269 e. The van der Waals surface area contributed by atoms with E-state index < -0.39 is 0 Å². The molecule has 0 aliphatic carbocycles. The van der Waals surface area contributed by atoms with Gasteiger partial charge in [0, 0.05) is 35.4 Å². The summed E-state index contributed by atoms with van der Waals surface area (Å²) in [5.74, 6) is 2.80. The van der Waals surface area contributed by atoms with Crippen LogP contribution in [0.15, 0.2) is 36.4 Å². The zero-order valence-electron chi connectivity index (χ0n) is 20.6. The fraction of sp³-hybridized carbons (Fsp3) is 0.519. The molecule has 0 fully saturated rings. The van der Waals surface area contributed by atoms with Crippen LogP contribution in [-0.4, -0.2) is 23.6 Å². The molecule has 1 heterocycles. The normalized spacial score (nSPS) is 14.4. The number of anilines is 1. The van der Waals surface area contributed by atoms with Crippen molar-refractivity contribution in [3.8, 4) is 0 Å². The van der Waals surface area contributed by atoms with Crippen LogP contribution in [0.1, 0.15) is 101 Å². The van der Waals surface area contributed by atoms with Gasteiger partial charge in [0.1, 0.15) is 12.2 Å². The fourth-order valence-electron chi connectivity index (χ4n) is 4.66. The average molecular weight is 458 g/mol. The van der Waals surface area contributed by atoms with Gasteiger partial charge in [0.25, 0.3) is 5.84 Å². The standard InChI is InChI=1S/C27H39N3.V/c1-17(2)21-11-9-12-22(18(3)4)26(21)29-15-25(28)30(16-29)27-23(19(5)6)13-10-14-24(27)20(7)8;/h9-14,17-20,28H,15-16H2,1-8H3;/p+1. The van der Waals surface area contributed by atoms with Gasteiger partial charge in [-0.25, -0.2) is 4.58 Å². The number of hydrogen-bond acceptors (Lipinski definition) is 2. The fourth-order valence-corrected chi connectivity index (χ4v) is 4.66. The van der Waals surface area contributed by atoms with Gasteiger partial charge in [0.2, 0.25) is 0 Å². The van der Waals surface area contributed by atoms with Crippen molar-refractivity contribution in [2.24, 2.45) is 5.73 Å². The summed E-state index contributed by atoms with van der Waals surface area (Å²) >= 11 is 0. The summed E-state index contributed by atoms with van der Waals surface area (Å²) in [6, 6.07) is 13.5. The predicted octanol–water partition coefficient (Wildman–Crippen LogP) is 6.66. The quantitative estimate of drug-likeness (QED) is 0.492. The number of amidine groups is 1. The van der Waals surface area contributed by atoms with Crippen LogP contribution >= 0.6 is 0 Å². The number of hydrogen-bond donors (Lipinski definition) is 1. The third-order valence-corrected chi connectivity index (χ3v) is 6.28. The Morgan fingerprint density at radius 2 is 1.10 bits per heavy atom. The van der Waals surface area contributed by atoms with Gasteiger partial charge in [-0.1, -0.05) is 91.8 Å². The van der Waals surface area contributed by atoms with Crippen LogP contribution in [0.4, 0.5) is 11.4 Å². The molecule has 31 heavy (non-hydrogen) atoms. The molecular weight excluding hydrogens is 417 g/mol. The van der Waals surface area contributed by atoms with Gasteiger partial charge in [-0.15, -0.1) is 0 Å². The minimum absolute atomic E-state index is 0. The van der Waals surface area contributed by atoms with Crippen molar-refractivity contribution >= 4 is 17.2 Å². The van der Waals surface area contributed by atoms with Gasteiger partial charge < -0.3 is 4.90 Å². The van der Waals surface area contributed by atoms with Crippen molar-refractivity contribution < 1.29 is 23.1 Å². The van der Waals surface area contributed by atoms with Crippen molar-refractivity contribution in [1.82, 2.24) is 0 Å². The Labute approximate surface area is 201 Å². The Morgan fingerprint density at radius 3 is 1.48 bits per heavy atom. The van der Waals surface area contributed by atoms with Crippen LogP contribution < -0.4 is 10.6 Å². The minimum Gasteiger partial charge on any atom is -0.323 e. The first kappa shape index (κ1) is 25.6. The van der Waals surface area contributed by atoms with Gasteiger partial charge in [-0.3, -0.25) is 5.73 Å². The first-order valence-electron chi connectivity index (χ1n) is 11.5. The molecule has 3 nitrogen and oxygen atoms in total. The minimum atomic E-state index is 0. The van der Waals surface area contributed by atoms with E-state index in [1.807, 2.05) is 0 Å². The monoisotopic (exact) mass is 457 g/mol. The molecule has 0 saturated heterocycles. The summed E-state index contributed by atoms with van der Waals surface area (Å²) in [6.45, 7) is 19.8. The summed E-state index contributed by atoms with van der Waals surface area (Å²) in [5.41, 5.74) is 15.0. The van der Waals surface area contributed by atoms with E-state index in [1.165, 1.54) is 33.6 Å². The molecule has 4 heteroatoms. The Balaban J connectivity index is 0.00000341. The number of para-hydroxylation sites is 2. The molecule has 1 aliphatic rings. The van der Waals surface area contributed by atoms with Crippen LogP contribution in [0.5, 0.6) is 0 Å². The first-order valence-corrected chi connectivity index (χ1v) is 11.5. The third-order valence-electron chi connectivity index (χ3n) is 6.28. The maximum atomic E-state index is 6.73. The van der Waals surface area contributed by atoms with Crippen molar-refractivity contribution in [2.75, 3.05) is 18.1 Å². The number of nitrogens with two attached hydrogens (primary N) is 1. The molecule has 0 aromatic heterocycles. The largest absolute Gasteiger partial charge is 0.323 e. The molecule has 0 unspecified atom stereocenters. The Morgan fingerprint density at radius 1 is 0.710 bits per heavy atom. The molecule has 1 radical (unpaired) electrons. The summed E-state index contributed by atoms with van der Waals surface area (Å²) in [4.78, 5) is 2.49. The predicted molar refractivity (Wildman–Crippen MR) is 131 cm³/mol. The second-order valence-corrected chi connectivity index (χ2v) is 9.95. The molecule has 3 rings (SSSR count). The zero-order valence-corrected chi connectivity index (χ0v) is 22.0. The van der Waals surface area contributed by atoms with Crippen molar-refractivity contribution in [1.29, 1.82) is 0 Å². The van der Waals surface area contributed by atoms with E-state index in [1.54, 1.807) is 0 Å². The molecule has 1 aliphatic heterocycles. The van der Waals surface area contributed by atoms with Crippen LogP contribution in [0.25, 0.3) is 0 Å². The molecule has 167 valence electrons. The molecule has 2 N–H and O–H groups in total. The maximum absolute atomic E-state index is 6.73. The van der Waals surface area contributed by atoms with Crippen molar-refractivity contribution in [2.45, 2.75) is 79.1 Å². The number of rotatable bonds is 6. The topological polar surface area (TPSA) is 32.3 Å². The average Bonchev–Trinajstić information content (AvgIpc) is 3.07. The second-order valence-electron chi connectivity index (χ2n) is 9.95. The summed E-state index contributed by atoms with van der Waals surface area (Å²) < 4.78 is 2.37. The molecule has 2 aromatic carbocycles. The summed E-state index contributed by atoms with van der Waals surface area (Å²) in [5, 5.41) is 0. The molecule has 0 spiro atoms. The van der Waals surface area contributed by atoms with Gasteiger partial charge in [-0.05, 0) is 34.8 Å². The third kappa shape index (κ3) is 5.04. The molecule has 0 bridgehead atoms. The summed E-state index contributed by atoms with van der Waals surface area (Å²) in [6.07, 6.45) is 0.